The van der Waals surface area contributed by atoms with Gasteiger partial charge in [0.15, 0.2) is 10.8 Å². The highest BCUT2D eigenvalue weighted by Gasteiger charge is 2.28. The number of halogens is 1. The van der Waals surface area contributed by atoms with Crippen LogP contribution in [-0.4, -0.2) is 49.5 Å². The Morgan fingerprint density at radius 3 is 2.84 bits per heavy atom. The molecule has 1 aliphatic rings. The van der Waals surface area contributed by atoms with Crippen molar-refractivity contribution in [1.82, 2.24) is 14.9 Å². The third-order valence-electron chi connectivity index (χ3n) is 5.53. The molecule has 0 radical (unpaired) electrons. The van der Waals surface area contributed by atoms with Gasteiger partial charge in [0.05, 0.1) is 17.4 Å². The van der Waals surface area contributed by atoms with Crippen LogP contribution < -0.4 is 9.62 Å². The van der Waals surface area contributed by atoms with Crippen LogP contribution in [0.2, 0.25) is 0 Å². The van der Waals surface area contributed by atoms with Crippen molar-refractivity contribution in [2.45, 2.75) is 31.0 Å². The van der Waals surface area contributed by atoms with Gasteiger partial charge < -0.3 is 4.90 Å². The lowest BCUT2D eigenvalue weighted by Crippen LogP contribution is -2.35. The zero-order valence-corrected chi connectivity index (χ0v) is 19.0. The first-order valence-electron chi connectivity index (χ1n) is 9.90. The first-order chi connectivity index (χ1) is 14.8. The van der Waals surface area contributed by atoms with Crippen LogP contribution in [0, 0.1) is 12.7 Å². The minimum atomic E-state index is -3.79. The molecule has 3 aromatic rings. The Kier molecular flexibility index (Phi) is 6.22. The smallest absolute Gasteiger partial charge is 0.280 e. The Hall–Kier alpha value is -2.56. The SMILES string of the molecule is Cc1cc(S(=O)(=O)Nc2cscn2)ncc1N(C)C1CCN(Cc2ccccc2F)C1. The lowest BCUT2D eigenvalue weighted by Gasteiger charge is -2.28. The summed E-state index contributed by atoms with van der Waals surface area (Å²) in [4.78, 5) is 12.5. The molecule has 0 spiro atoms. The van der Waals surface area contributed by atoms with Gasteiger partial charge in [-0.3, -0.25) is 9.62 Å². The summed E-state index contributed by atoms with van der Waals surface area (Å²) in [5.74, 6) is 0.106. The van der Waals surface area contributed by atoms with Crippen LogP contribution in [0.15, 0.2) is 52.4 Å². The van der Waals surface area contributed by atoms with Gasteiger partial charge in [-0.25, -0.2) is 14.4 Å². The summed E-state index contributed by atoms with van der Waals surface area (Å²) in [6, 6.07) is 8.68. The Balaban J connectivity index is 1.44. The second-order valence-electron chi connectivity index (χ2n) is 7.67. The average molecular weight is 462 g/mol. The van der Waals surface area contributed by atoms with E-state index in [0.29, 0.717) is 12.1 Å². The molecule has 1 saturated heterocycles. The van der Waals surface area contributed by atoms with Crippen molar-refractivity contribution in [3.05, 3.63) is 64.4 Å². The number of benzene rings is 1. The molecule has 1 aliphatic heterocycles. The maximum Gasteiger partial charge on any atom is 0.280 e. The topological polar surface area (TPSA) is 78.4 Å². The van der Waals surface area contributed by atoms with E-state index in [1.807, 2.05) is 26.1 Å². The van der Waals surface area contributed by atoms with E-state index in [9.17, 15) is 12.8 Å². The molecule has 10 heteroatoms. The number of rotatable bonds is 7. The summed E-state index contributed by atoms with van der Waals surface area (Å²) in [6.07, 6.45) is 2.54. The van der Waals surface area contributed by atoms with Crippen LogP contribution in [0.3, 0.4) is 0 Å². The monoisotopic (exact) mass is 461 g/mol. The predicted octanol–water partition coefficient (Wildman–Crippen LogP) is 3.50. The number of sulfonamides is 1. The van der Waals surface area contributed by atoms with Gasteiger partial charge in [0.2, 0.25) is 0 Å². The second kappa shape index (κ2) is 8.89. The number of hydrogen-bond donors (Lipinski definition) is 1. The molecule has 0 bridgehead atoms. The number of thiazole rings is 1. The van der Waals surface area contributed by atoms with Crippen molar-refractivity contribution in [2.24, 2.45) is 0 Å². The Labute approximate surface area is 185 Å². The largest absolute Gasteiger partial charge is 0.369 e. The fourth-order valence-corrected chi connectivity index (χ4v) is 5.40. The standard InChI is InChI=1S/C21H24FN5O2S2/c1-15-9-21(31(28,29)25-20-13-30-14-24-20)23-10-19(15)26(2)17-7-8-27(12-17)11-16-5-3-4-6-18(16)22/h3-6,9-10,13-14,17,25H,7-8,11-12H2,1-2H3. The maximum absolute atomic E-state index is 14.0. The maximum atomic E-state index is 14.0. The lowest BCUT2D eigenvalue weighted by molar-refractivity contribution is 0.320. The molecule has 31 heavy (non-hydrogen) atoms. The van der Waals surface area contributed by atoms with Gasteiger partial charge in [-0.05, 0) is 31.0 Å². The number of anilines is 2. The van der Waals surface area contributed by atoms with Gasteiger partial charge in [-0.2, -0.15) is 8.42 Å². The highest BCUT2D eigenvalue weighted by atomic mass is 32.2. The quantitative estimate of drug-likeness (QED) is 0.580. The van der Waals surface area contributed by atoms with Gasteiger partial charge >= 0.3 is 0 Å². The number of likely N-dealkylation sites (N-methyl/N-ethyl adjacent to an activating group) is 1. The molecule has 164 valence electrons. The van der Waals surface area contributed by atoms with Crippen LogP contribution >= 0.6 is 11.3 Å². The first-order valence-corrected chi connectivity index (χ1v) is 12.3. The zero-order chi connectivity index (χ0) is 22.0. The normalized spacial score (nSPS) is 17.1. The number of nitrogens with one attached hydrogen (secondary N) is 1. The van der Waals surface area contributed by atoms with E-state index in [0.717, 1.165) is 30.8 Å². The van der Waals surface area contributed by atoms with E-state index < -0.39 is 10.0 Å². The molecule has 1 atom stereocenters. The fourth-order valence-electron chi connectivity index (χ4n) is 3.83. The summed E-state index contributed by atoms with van der Waals surface area (Å²) >= 11 is 1.31. The molecule has 1 aromatic carbocycles. The summed E-state index contributed by atoms with van der Waals surface area (Å²) in [5.41, 5.74) is 3.96. The number of aromatic nitrogens is 2. The Morgan fingerprint density at radius 2 is 2.13 bits per heavy atom. The molecule has 4 rings (SSSR count). The van der Waals surface area contributed by atoms with Crippen LogP contribution in [0.1, 0.15) is 17.5 Å². The first kappa shape index (κ1) is 21.7. The van der Waals surface area contributed by atoms with Crippen LogP contribution in [0.4, 0.5) is 15.9 Å². The Bertz CT molecular complexity index is 1150. The van der Waals surface area contributed by atoms with Crippen molar-refractivity contribution < 1.29 is 12.8 Å². The Morgan fingerprint density at radius 1 is 1.32 bits per heavy atom. The van der Waals surface area contributed by atoms with E-state index in [-0.39, 0.29) is 22.7 Å². The molecule has 2 aromatic heterocycles. The summed E-state index contributed by atoms with van der Waals surface area (Å²) in [7, 11) is -1.80. The van der Waals surface area contributed by atoms with E-state index in [1.165, 1.54) is 17.4 Å². The minimum absolute atomic E-state index is 0.0391. The van der Waals surface area contributed by atoms with Gasteiger partial charge in [-0.1, -0.05) is 18.2 Å². The number of likely N-dealkylation sites (tertiary alicyclic amines) is 1. The fraction of sp³-hybridized carbons (Fsp3) is 0.333. The van der Waals surface area contributed by atoms with Gasteiger partial charge in [-0.15, -0.1) is 11.3 Å². The van der Waals surface area contributed by atoms with Crippen LogP contribution in [0.25, 0.3) is 0 Å². The number of nitrogens with zero attached hydrogens (tertiary/aromatic N) is 4. The van der Waals surface area contributed by atoms with Gasteiger partial charge in [0.25, 0.3) is 10.0 Å². The van der Waals surface area contributed by atoms with Gasteiger partial charge in [0.1, 0.15) is 5.82 Å². The lowest BCUT2D eigenvalue weighted by atomic mass is 10.1. The van der Waals surface area contributed by atoms with E-state index >= 15 is 0 Å². The average Bonchev–Trinajstić information content (AvgIpc) is 3.41. The molecular formula is C21H24FN5O2S2. The van der Waals surface area contributed by atoms with Crippen molar-refractivity contribution in [1.29, 1.82) is 0 Å². The van der Waals surface area contributed by atoms with Crippen molar-refractivity contribution in [2.75, 3.05) is 29.8 Å². The van der Waals surface area contributed by atoms with Crippen molar-refractivity contribution in [3.8, 4) is 0 Å². The zero-order valence-electron chi connectivity index (χ0n) is 17.3. The third kappa shape index (κ3) is 4.86. The minimum Gasteiger partial charge on any atom is -0.369 e. The second-order valence-corrected chi connectivity index (χ2v) is 10.0. The van der Waals surface area contributed by atoms with Crippen LogP contribution in [-0.2, 0) is 16.6 Å². The molecule has 1 unspecified atom stereocenters. The molecule has 0 saturated carbocycles. The molecule has 1 fully saturated rings. The molecule has 1 N–H and O–H groups in total. The molecule has 0 aliphatic carbocycles. The van der Waals surface area contributed by atoms with Gasteiger partial charge in [0, 0.05) is 43.7 Å². The summed E-state index contributed by atoms with van der Waals surface area (Å²) < 4.78 is 41.6. The predicted molar refractivity (Wildman–Crippen MR) is 120 cm³/mol. The number of hydrogen-bond acceptors (Lipinski definition) is 7. The highest BCUT2D eigenvalue weighted by Crippen LogP contribution is 2.27. The van der Waals surface area contributed by atoms with E-state index in [2.05, 4.69) is 24.5 Å². The molecule has 0 amide bonds. The van der Waals surface area contributed by atoms with Crippen molar-refractivity contribution in [3.63, 3.8) is 0 Å². The van der Waals surface area contributed by atoms with Crippen molar-refractivity contribution >= 4 is 32.9 Å². The molecule has 7 nitrogen and oxygen atoms in total. The summed E-state index contributed by atoms with van der Waals surface area (Å²) in [6.45, 7) is 4.13. The third-order valence-corrected chi connectivity index (χ3v) is 7.37. The molecule has 3 heterocycles. The van der Waals surface area contributed by atoms with E-state index in [4.69, 9.17) is 0 Å². The number of pyridine rings is 1. The van der Waals surface area contributed by atoms with E-state index in [1.54, 1.807) is 29.2 Å². The number of aryl methyl sites for hydroxylation is 1. The summed E-state index contributed by atoms with van der Waals surface area (Å²) in [5, 5.41) is 1.59. The highest BCUT2D eigenvalue weighted by molar-refractivity contribution is 7.92. The molecular weight excluding hydrogens is 437 g/mol. The van der Waals surface area contributed by atoms with Crippen LogP contribution in [0.5, 0.6) is 0 Å².